The van der Waals surface area contributed by atoms with E-state index in [4.69, 9.17) is 26.0 Å². The van der Waals surface area contributed by atoms with E-state index in [1.807, 2.05) is 22.9 Å². The van der Waals surface area contributed by atoms with Crippen molar-refractivity contribution in [2.75, 3.05) is 13.2 Å². The highest BCUT2D eigenvalue weighted by Crippen LogP contribution is 2.38. The van der Waals surface area contributed by atoms with Gasteiger partial charge < -0.3 is 13.8 Å². The van der Waals surface area contributed by atoms with Crippen LogP contribution >= 0.6 is 11.6 Å². The lowest BCUT2D eigenvalue weighted by molar-refractivity contribution is 0.181. The molecule has 2 aliphatic rings. The quantitative estimate of drug-likeness (QED) is 0.441. The maximum atomic E-state index is 6.36. The van der Waals surface area contributed by atoms with Crippen LogP contribution in [0.4, 0.5) is 0 Å². The van der Waals surface area contributed by atoms with Gasteiger partial charge in [0.05, 0.1) is 23.7 Å². The Labute approximate surface area is 177 Å². The number of imidazole rings is 1. The van der Waals surface area contributed by atoms with Crippen molar-refractivity contribution in [2.45, 2.75) is 26.3 Å². The van der Waals surface area contributed by atoms with Gasteiger partial charge in [-0.1, -0.05) is 16.8 Å². The highest BCUT2D eigenvalue weighted by atomic mass is 35.5. The fraction of sp³-hybridized carbons (Fsp3) is 0.333. The van der Waals surface area contributed by atoms with Gasteiger partial charge >= 0.3 is 0 Å². The summed E-state index contributed by atoms with van der Waals surface area (Å²) in [6.45, 7) is 4.27. The predicted molar refractivity (Wildman–Crippen MR) is 110 cm³/mol. The summed E-state index contributed by atoms with van der Waals surface area (Å²) in [5.74, 6) is 1.50. The van der Waals surface area contributed by atoms with E-state index in [0.29, 0.717) is 34.8 Å². The van der Waals surface area contributed by atoms with Crippen LogP contribution in [0.1, 0.15) is 23.5 Å². The van der Waals surface area contributed by atoms with Crippen LogP contribution in [-0.4, -0.2) is 42.7 Å². The Morgan fingerprint density at radius 1 is 1.27 bits per heavy atom. The first-order valence-corrected chi connectivity index (χ1v) is 10.3. The molecule has 5 heterocycles. The molecule has 1 saturated heterocycles. The Kier molecular flexibility index (Phi) is 4.04. The third-order valence-corrected chi connectivity index (χ3v) is 5.97. The molecule has 1 atom stereocenters. The maximum Gasteiger partial charge on any atom is 0.278 e. The molecule has 0 radical (unpaired) electrons. The number of aromatic nitrogens is 6. The van der Waals surface area contributed by atoms with Crippen molar-refractivity contribution in [1.29, 1.82) is 0 Å². The van der Waals surface area contributed by atoms with E-state index in [1.54, 1.807) is 13.3 Å². The van der Waals surface area contributed by atoms with Gasteiger partial charge in [0, 0.05) is 47.8 Å². The summed E-state index contributed by atoms with van der Waals surface area (Å²) in [5.41, 5.74) is 5.73. The zero-order valence-corrected chi connectivity index (χ0v) is 17.1. The van der Waals surface area contributed by atoms with Crippen molar-refractivity contribution >= 4 is 11.6 Å². The largest absolute Gasteiger partial charge is 0.381 e. The SMILES string of the molecule is Cc1noc(-c2ncn3c2Cc2cn(CC4CCOC4)nc2-c2cc(Cl)ccc2-3)n1. The van der Waals surface area contributed by atoms with Crippen LogP contribution in [0.25, 0.3) is 28.5 Å². The summed E-state index contributed by atoms with van der Waals surface area (Å²) in [7, 11) is 0. The normalized spacial score (nSPS) is 17.5. The third kappa shape index (κ3) is 2.86. The average molecular weight is 423 g/mol. The van der Waals surface area contributed by atoms with Gasteiger partial charge in [-0.05, 0) is 31.5 Å². The lowest BCUT2D eigenvalue weighted by Crippen LogP contribution is -2.11. The molecule has 9 heteroatoms. The van der Waals surface area contributed by atoms with Crippen LogP contribution < -0.4 is 0 Å². The van der Waals surface area contributed by atoms with Gasteiger partial charge in [-0.2, -0.15) is 10.1 Å². The Morgan fingerprint density at radius 2 is 2.20 bits per heavy atom. The molecule has 0 saturated carbocycles. The molecule has 0 bridgehead atoms. The van der Waals surface area contributed by atoms with Crippen molar-refractivity contribution in [3.05, 3.63) is 52.8 Å². The number of nitrogens with zero attached hydrogens (tertiary/aromatic N) is 6. The second-order valence-electron chi connectivity index (χ2n) is 7.85. The molecule has 152 valence electrons. The Morgan fingerprint density at radius 3 is 3.00 bits per heavy atom. The topological polar surface area (TPSA) is 83.8 Å². The summed E-state index contributed by atoms with van der Waals surface area (Å²) in [6, 6.07) is 5.86. The highest BCUT2D eigenvalue weighted by molar-refractivity contribution is 6.31. The highest BCUT2D eigenvalue weighted by Gasteiger charge is 2.28. The first kappa shape index (κ1) is 17.9. The minimum Gasteiger partial charge on any atom is -0.381 e. The van der Waals surface area contributed by atoms with Crippen LogP contribution in [-0.2, 0) is 17.7 Å². The van der Waals surface area contributed by atoms with Gasteiger partial charge in [-0.25, -0.2) is 4.98 Å². The molecule has 4 aromatic rings. The summed E-state index contributed by atoms with van der Waals surface area (Å²) in [4.78, 5) is 8.98. The first-order valence-electron chi connectivity index (χ1n) is 9.97. The van der Waals surface area contributed by atoms with Crippen molar-refractivity contribution in [3.8, 4) is 28.5 Å². The lowest BCUT2D eigenvalue weighted by atomic mass is 10.0. The van der Waals surface area contributed by atoms with Gasteiger partial charge in [0.15, 0.2) is 11.5 Å². The van der Waals surface area contributed by atoms with E-state index in [0.717, 1.165) is 54.4 Å². The van der Waals surface area contributed by atoms with Gasteiger partial charge in [-0.15, -0.1) is 0 Å². The van der Waals surface area contributed by atoms with Crippen molar-refractivity contribution in [1.82, 2.24) is 29.5 Å². The van der Waals surface area contributed by atoms with Crippen molar-refractivity contribution < 1.29 is 9.26 Å². The Bertz CT molecular complexity index is 1250. The molecule has 8 nitrogen and oxygen atoms in total. The minimum absolute atomic E-state index is 0.427. The van der Waals surface area contributed by atoms with E-state index in [9.17, 15) is 0 Å². The Balaban J connectivity index is 1.51. The molecule has 3 aromatic heterocycles. The number of halogens is 1. The molecule has 0 spiro atoms. The lowest BCUT2D eigenvalue weighted by Gasteiger charge is -2.11. The third-order valence-electron chi connectivity index (χ3n) is 5.73. The van der Waals surface area contributed by atoms with Crippen LogP contribution in [0.3, 0.4) is 0 Å². The van der Waals surface area contributed by atoms with Gasteiger partial charge in [-0.3, -0.25) is 4.68 Å². The predicted octanol–water partition coefficient (Wildman–Crippen LogP) is 3.69. The maximum absolute atomic E-state index is 6.36. The molecule has 1 unspecified atom stereocenters. The fourth-order valence-electron chi connectivity index (χ4n) is 4.31. The number of aryl methyl sites for hydroxylation is 1. The number of fused-ring (bicyclic) bond motifs is 5. The fourth-order valence-corrected chi connectivity index (χ4v) is 4.49. The molecule has 30 heavy (non-hydrogen) atoms. The minimum atomic E-state index is 0.427. The van der Waals surface area contributed by atoms with E-state index < -0.39 is 0 Å². The number of hydrogen-bond acceptors (Lipinski definition) is 6. The first-order chi connectivity index (χ1) is 14.7. The van der Waals surface area contributed by atoms with E-state index in [2.05, 4.69) is 25.9 Å². The zero-order chi connectivity index (χ0) is 20.2. The molecule has 2 aliphatic heterocycles. The van der Waals surface area contributed by atoms with Crippen LogP contribution in [0, 0.1) is 12.8 Å². The van der Waals surface area contributed by atoms with E-state index in [-0.39, 0.29) is 0 Å². The molecule has 0 aliphatic carbocycles. The molecular weight excluding hydrogens is 404 g/mol. The summed E-state index contributed by atoms with van der Waals surface area (Å²) >= 11 is 6.36. The second kappa shape index (κ2) is 6.78. The van der Waals surface area contributed by atoms with Crippen LogP contribution in [0.15, 0.2) is 35.2 Å². The van der Waals surface area contributed by atoms with Crippen LogP contribution in [0.5, 0.6) is 0 Å². The molecule has 0 amide bonds. The van der Waals surface area contributed by atoms with Crippen molar-refractivity contribution in [3.63, 3.8) is 0 Å². The molecular formula is C21H19ClN6O2. The van der Waals surface area contributed by atoms with E-state index in [1.165, 1.54) is 0 Å². The zero-order valence-electron chi connectivity index (χ0n) is 16.4. The number of ether oxygens (including phenoxy) is 1. The monoisotopic (exact) mass is 422 g/mol. The molecule has 1 aromatic carbocycles. The second-order valence-corrected chi connectivity index (χ2v) is 8.29. The molecule has 6 rings (SSSR count). The average Bonchev–Trinajstić information content (AvgIpc) is 3.50. The number of benzene rings is 1. The summed E-state index contributed by atoms with van der Waals surface area (Å²) in [6.07, 6.45) is 5.65. The van der Waals surface area contributed by atoms with E-state index >= 15 is 0 Å². The smallest absolute Gasteiger partial charge is 0.278 e. The number of rotatable bonds is 3. The van der Waals surface area contributed by atoms with Crippen LogP contribution in [0.2, 0.25) is 5.02 Å². The standard InChI is InChI=1S/C21H19ClN6O2/c1-12-24-21(30-26-12)20-18-6-14-9-27(8-13-4-5-29-10-13)25-19(14)16-7-15(22)2-3-17(16)28(18)11-23-20/h2-3,7,9,11,13H,4-6,8,10H2,1H3. The summed E-state index contributed by atoms with van der Waals surface area (Å²) < 4.78 is 15.1. The molecule has 0 N–H and O–H groups in total. The van der Waals surface area contributed by atoms with Gasteiger partial charge in [0.25, 0.3) is 5.89 Å². The van der Waals surface area contributed by atoms with Crippen molar-refractivity contribution in [2.24, 2.45) is 5.92 Å². The Hall–Kier alpha value is -2.97. The summed E-state index contributed by atoms with van der Waals surface area (Å²) in [5, 5.41) is 9.54. The number of hydrogen-bond donors (Lipinski definition) is 0. The molecule has 1 fully saturated rings. The van der Waals surface area contributed by atoms with Gasteiger partial charge in [0.2, 0.25) is 0 Å². The van der Waals surface area contributed by atoms with Gasteiger partial charge in [0.1, 0.15) is 6.33 Å².